The van der Waals surface area contributed by atoms with Crippen molar-refractivity contribution in [3.05, 3.63) is 58.2 Å². The molecule has 0 spiro atoms. The zero-order chi connectivity index (χ0) is 24.3. The summed E-state index contributed by atoms with van der Waals surface area (Å²) in [6, 6.07) is 11.3. The van der Waals surface area contributed by atoms with Gasteiger partial charge in [-0.15, -0.1) is 15.3 Å². The Morgan fingerprint density at radius 2 is 1.79 bits per heavy atom. The van der Waals surface area contributed by atoms with Gasteiger partial charge in [-0.05, 0) is 49.4 Å². The summed E-state index contributed by atoms with van der Waals surface area (Å²) in [5, 5.41) is 35.4. The molecule has 180 valence electrons. The number of aliphatic hydroxyl groups excluding tert-OH is 1. The first kappa shape index (κ1) is 25.3. The number of benzene rings is 1. The summed E-state index contributed by atoms with van der Waals surface area (Å²) < 4.78 is 0. The van der Waals surface area contributed by atoms with Crippen LogP contribution in [0.4, 0.5) is 10.9 Å². The molecule has 2 heterocycles. The van der Waals surface area contributed by atoms with Gasteiger partial charge < -0.3 is 15.7 Å². The first-order valence-corrected chi connectivity index (χ1v) is 11.9. The number of nitrogens with one attached hydrogen (secondary N) is 3. The molecule has 0 bridgehead atoms. The number of aliphatic hydroxyl groups is 1. The third-order valence-corrected chi connectivity index (χ3v) is 5.67. The van der Waals surface area contributed by atoms with Crippen molar-refractivity contribution in [3.63, 3.8) is 0 Å². The van der Waals surface area contributed by atoms with Gasteiger partial charge >= 0.3 is 0 Å². The van der Waals surface area contributed by atoms with E-state index < -0.39 is 6.23 Å². The van der Waals surface area contributed by atoms with Gasteiger partial charge in [0.15, 0.2) is 5.82 Å². The van der Waals surface area contributed by atoms with Crippen molar-refractivity contribution in [3.8, 4) is 0 Å². The minimum absolute atomic E-state index is 0.149. The van der Waals surface area contributed by atoms with Crippen LogP contribution >= 0.6 is 11.3 Å². The van der Waals surface area contributed by atoms with Crippen LogP contribution in [-0.4, -0.2) is 43.5 Å². The Morgan fingerprint density at radius 3 is 2.53 bits per heavy atom. The smallest absolute Gasteiger partial charge is 0.230 e. The summed E-state index contributed by atoms with van der Waals surface area (Å²) in [6.45, 7) is 3.62. The molecule has 4 N–H and O–H groups in total. The average Bonchev–Trinajstić information content (AvgIpc) is 3.23. The van der Waals surface area contributed by atoms with Crippen molar-refractivity contribution in [1.82, 2.24) is 25.7 Å². The number of carbonyl (C=O) groups is 2. The van der Waals surface area contributed by atoms with E-state index in [-0.39, 0.29) is 18.2 Å². The Hall–Kier alpha value is -3.28. The van der Waals surface area contributed by atoms with Crippen molar-refractivity contribution < 1.29 is 14.7 Å². The van der Waals surface area contributed by atoms with Crippen LogP contribution < -0.4 is 16.0 Å². The Morgan fingerprint density at radius 1 is 1.00 bits per heavy atom. The topological polar surface area (TPSA) is 142 Å². The lowest BCUT2D eigenvalue weighted by Gasteiger charge is -2.08. The third kappa shape index (κ3) is 8.93. The van der Waals surface area contributed by atoms with Crippen LogP contribution in [0.2, 0.25) is 0 Å². The van der Waals surface area contributed by atoms with Crippen molar-refractivity contribution in [1.29, 1.82) is 0 Å². The lowest BCUT2D eigenvalue weighted by molar-refractivity contribution is -0.116. The van der Waals surface area contributed by atoms with Gasteiger partial charge in [-0.25, -0.2) is 0 Å². The molecule has 0 radical (unpaired) electrons. The highest BCUT2D eigenvalue weighted by molar-refractivity contribution is 7.15. The largest absolute Gasteiger partial charge is 0.379 e. The maximum absolute atomic E-state index is 12.4. The van der Waals surface area contributed by atoms with E-state index in [4.69, 9.17) is 0 Å². The molecule has 0 aliphatic rings. The average molecular weight is 484 g/mol. The molecule has 0 fully saturated rings. The Labute approximate surface area is 202 Å². The summed E-state index contributed by atoms with van der Waals surface area (Å²) in [7, 11) is 0. The minimum Gasteiger partial charge on any atom is -0.379 e. The molecule has 11 heteroatoms. The summed E-state index contributed by atoms with van der Waals surface area (Å²) in [4.78, 5) is 23.4. The number of nitrogens with zero attached hydrogens (tertiary/aromatic N) is 4. The maximum atomic E-state index is 12.4. The number of aryl methyl sites for hydroxylation is 2. The molecule has 1 atom stereocenters. The van der Waals surface area contributed by atoms with Crippen molar-refractivity contribution in [2.45, 2.75) is 58.7 Å². The zero-order valence-corrected chi connectivity index (χ0v) is 20.1. The second-order valence-electron chi connectivity index (χ2n) is 7.90. The van der Waals surface area contributed by atoms with Gasteiger partial charge in [0.25, 0.3) is 0 Å². The molecule has 2 aromatic heterocycles. The quantitative estimate of drug-likeness (QED) is 0.227. The molecule has 0 aliphatic carbocycles. The van der Waals surface area contributed by atoms with Gasteiger partial charge in [-0.1, -0.05) is 35.6 Å². The lowest BCUT2D eigenvalue weighted by atomic mass is 10.1. The number of hydrogen-bond donors (Lipinski definition) is 4. The SMILES string of the molecule is CC(=O)Nc1ccc(CCCCc2nnc(NC(=O)Cc3cccc(CNC(C)O)c3)s2)nn1. The molecule has 0 saturated carbocycles. The highest BCUT2D eigenvalue weighted by atomic mass is 32.1. The van der Waals surface area contributed by atoms with Crippen molar-refractivity contribution >= 4 is 34.1 Å². The standard InChI is InChI=1S/C23H29N7O3S/c1-15(31)24-14-18-7-5-6-17(12-18)13-21(33)26-23-30-29-22(34-23)9-4-3-8-19-10-11-20(28-27-19)25-16(2)32/h5-7,10-12,15,24,31H,3-4,8-9,13-14H2,1-2H3,(H,25,28,32)(H,26,30,33). The van der Waals surface area contributed by atoms with Crippen LogP contribution in [0.3, 0.4) is 0 Å². The van der Waals surface area contributed by atoms with Gasteiger partial charge in [0.1, 0.15) is 11.2 Å². The molecule has 1 unspecified atom stereocenters. The molecule has 0 saturated heterocycles. The summed E-state index contributed by atoms with van der Waals surface area (Å²) in [6.07, 6.45) is 3.01. The number of hydrogen-bond acceptors (Lipinski definition) is 9. The first-order chi connectivity index (χ1) is 16.4. The maximum Gasteiger partial charge on any atom is 0.230 e. The van der Waals surface area contributed by atoms with E-state index in [9.17, 15) is 14.7 Å². The molecule has 34 heavy (non-hydrogen) atoms. The van der Waals surface area contributed by atoms with Gasteiger partial charge in [0.05, 0.1) is 12.1 Å². The molecule has 0 aliphatic heterocycles. The Kier molecular flexibility index (Phi) is 9.56. The van der Waals surface area contributed by atoms with E-state index in [0.717, 1.165) is 47.5 Å². The van der Waals surface area contributed by atoms with E-state index >= 15 is 0 Å². The van der Waals surface area contributed by atoms with E-state index in [0.29, 0.717) is 17.5 Å². The summed E-state index contributed by atoms with van der Waals surface area (Å²) in [5.74, 6) is 0.121. The molecule has 10 nitrogen and oxygen atoms in total. The van der Waals surface area contributed by atoms with Gasteiger partial charge in [-0.3, -0.25) is 14.9 Å². The van der Waals surface area contributed by atoms with Crippen molar-refractivity contribution in [2.24, 2.45) is 0 Å². The molecule has 1 aromatic carbocycles. The van der Waals surface area contributed by atoms with E-state index in [1.807, 2.05) is 30.3 Å². The first-order valence-electron chi connectivity index (χ1n) is 11.1. The number of anilines is 2. The summed E-state index contributed by atoms with van der Waals surface area (Å²) in [5.41, 5.74) is 2.75. The minimum atomic E-state index is -0.588. The predicted molar refractivity (Wildman–Crippen MR) is 130 cm³/mol. The van der Waals surface area contributed by atoms with Crippen LogP contribution in [0, 0.1) is 0 Å². The third-order valence-electron chi connectivity index (χ3n) is 4.77. The number of unbranched alkanes of at least 4 members (excludes halogenated alkanes) is 1. The fourth-order valence-electron chi connectivity index (χ4n) is 3.19. The predicted octanol–water partition coefficient (Wildman–Crippen LogP) is 2.46. The number of carbonyl (C=O) groups excluding carboxylic acids is 2. The molecule has 2 amide bonds. The second-order valence-corrected chi connectivity index (χ2v) is 8.96. The Balaban J connectivity index is 1.39. The van der Waals surface area contributed by atoms with Crippen LogP contribution in [0.15, 0.2) is 36.4 Å². The van der Waals surface area contributed by atoms with Gasteiger partial charge in [-0.2, -0.15) is 5.10 Å². The number of aromatic nitrogens is 4. The van der Waals surface area contributed by atoms with Crippen LogP contribution in [-0.2, 0) is 35.4 Å². The molecule has 3 rings (SSSR count). The lowest BCUT2D eigenvalue weighted by Crippen LogP contribution is -2.24. The number of amides is 2. The highest BCUT2D eigenvalue weighted by Crippen LogP contribution is 2.18. The van der Waals surface area contributed by atoms with E-state index in [1.165, 1.54) is 18.3 Å². The van der Waals surface area contributed by atoms with Gasteiger partial charge in [0, 0.05) is 19.9 Å². The zero-order valence-electron chi connectivity index (χ0n) is 19.2. The fraction of sp³-hybridized carbons (Fsp3) is 0.391. The van der Waals surface area contributed by atoms with Crippen LogP contribution in [0.5, 0.6) is 0 Å². The molecular formula is C23H29N7O3S. The monoisotopic (exact) mass is 483 g/mol. The summed E-state index contributed by atoms with van der Waals surface area (Å²) >= 11 is 1.38. The molecular weight excluding hydrogens is 454 g/mol. The second kappa shape index (κ2) is 12.8. The van der Waals surface area contributed by atoms with Crippen LogP contribution in [0.1, 0.15) is 48.5 Å². The highest BCUT2D eigenvalue weighted by Gasteiger charge is 2.10. The van der Waals surface area contributed by atoms with Crippen LogP contribution in [0.25, 0.3) is 0 Å². The van der Waals surface area contributed by atoms with Gasteiger partial charge in [0.2, 0.25) is 16.9 Å². The van der Waals surface area contributed by atoms with E-state index in [2.05, 4.69) is 36.3 Å². The number of rotatable bonds is 12. The molecule has 3 aromatic rings. The van der Waals surface area contributed by atoms with E-state index in [1.54, 1.807) is 13.0 Å². The van der Waals surface area contributed by atoms with Crippen molar-refractivity contribution in [2.75, 3.05) is 10.6 Å². The Bertz CT molecular complexity index is 1090. The fourth-order valence-corrected chi connectivity index (χ4v) is 3.99. The normalized spacial score (nSPS) is 11.7.